The monoisotopic (exact) mass is 209 g/mol. The molecule has 1 N–H and O–H groups in total. The van der Waals surface area contributed by atoms with Gasteiger partial charge in [0.25, 0.3) is 0 Å². The first-order valence-electron chi connectivity index (χ1n) is 4.57. The molecule has 0 aliphatic heterocycles. The van der Waals surface area contributed by atoms with Crippen molar-refractivity contribution in [2.24, 2.45) is 0 Å². The molecule has 2 rings (SSSR count). The van der Waals surface area contributed by atoms with Gasteiger partial charge in [-0.25, -0.2) is 4.68 Å². The third-order valence-electron chi connectivity index (χ3n) is 1.82. The molecular weight excluding hydrogens is 198 g/mol. The van der Waals surface area contributed by atoms with Gasteiger partial charge in [0.15, 0.2) is 0 Å². The molecular formula is C8H11N5O2. The van der Waals surface area contributed by atoms with Crippen LogP contribution in [0.2, 0.25) is 0 Å². The van der Waals surface area contributed by atoms with E-state index in [0.29, 0.717) is 24.7 Å². The second-order valence-corrected chi connectivity index (χ2v) is 3.10. The van der Waals surface area contributed by atoms with Crippen LogP contribution >= 0.6 is 0 Å². The molecule has 2 heterocycles. The molecule has 15 heavy (non-hydrogen) atoms. The van der Waals surface area contributed by atoms with Crippen molar-refractivity contribution >= 4 is 0 Å². The van der Waals surface area contributed by atoms with Gasteiger partial charge < -0.3 is 9.52 Å². The average molecular weight is 209 g/mol. The zero-order valence-corrected chi connectivity index (χ0v) is 8.29. The fraction of sp³-hybridized carbons (Fsp3) is 0.500. The van der Waals surface area contributed by atoms with Crippen LogP contribution in [0, 0.1) is 6.92 Å². The van der Waals surface area contributed by atoms with E-state index in [1.165, 1.54) is 0 Å². The van der Waals surface area contributed by atoms with Crippen molar-refractivity contribution in [2.75, 3.05) is 6.61 Å². The zero-order valence-electron chi connectivity index (χ0n) is 8.29. The van der Waals surface area contributed by atoms with Crippen LogP contribution in [0.4, 0.5) is 0 Å². The Morgan fingerprint density at radius 1 is 1.40 bits per heavy atom. The summed E-state index contributed by atoms with van der Waals surface area (Å²) in [7, 11) is 0. The van der Waals surface area contributed by atoms with Crippen molar-refractivity contribution in [3.8, 4) is 0 Å². The third-order valence-corrected chi connectivity index (χ3v) is 1.82. The molecule has 7 heteroatoms. The predicted molar refractivity (Wildman–Crippen MR) is 48.9 cm³/mol. The standard InChI is InChI=1S/C8H11N5O2/c1-6-9-11-8(15-6)5-13-4-7(2-3-14)10-12-13/h4,14H,2-3,5H2,1H3. The summed E-state index contributed by atoms with van der Waals surface area (Å²) < 4.78 is 6.79. The van der Waals surface area contributed by atoms with E-state index in [1.54, 1.807) is 17.8 Å². The van der Waals surface area contributed by atoms with Gasteiger partial charge in [-0.15, -0.1) is 15.3 Å². The lowest BCUT2D eigenvalue weighted by atomic mass is 10.3. The number of aryl methyl sites for hydroxylation is 1. The lowest BCUT2D eigenvalue weighted by Gasteiger charge is -1.92. The van der Waals surface area contributed by atoms with Crippen LogP contribution in [-0.4, -0.2) is 36.9 Å². The van der Waals surface area contributed by atoms with Crippen molar-refractivity contribution in [2.45, 2.75) is 19.9 Å². The molecule has 0 spiro atoms. The molecule has 0 saturated carbocycles. The van der Waals surface area contributed by atoms with E-state index < -0.39 is 0 Å². The van der Waals surface area contributed by atoms with Gasteiger partial charge in [0.05, 0.1) is 5.69 Å². The van der Waals surface area contributed by atoms with E-state index in [4.69, 9.17) is 9.52 Å². The Morgan fingerprint density at radius 2 is 2.27 bits per heavy atom. The molecule has 0 radical (unpaired) electrons. The highest BCUT2D eigenvalue weighted by molar-refractivity contribution is 4.93. The molecule has 2 aromatic heterocycles. The van der Waals surface area contributed by atoms with Crippen LogP contribution in [0.5, 0.6) is 0 Å². The summed E-state index contributed by atoms with van der Waals surface area (Å²) in [6.45, 7) is 2.20. The van der Waals surface area contributed by atoms with E-state index in [1.807, 2.05) is 0 Å². The van der Waals surface area contributed by atoms with Crippen LogP contribution in [0.3, 0.4) is 0 Å². The predicted octanol–water partition coefficient (Wildman–Crippen LogP) is -0.447. The van der Waals surface area contributed by atoms with Gasteiger partial charge in [0, 0.05) is 26.1 Å². The Labute approximate surface area is 85.7 Å². The highest BCUT2D eigenvalue weighted by Crippen LogP contribution is 2.01. The summed E-state index contributed by atoms with van der Waals surface area (Å²) in [4.78, 5) is 0. The first-order valence-corrected chi connectivity index (χ1v) is 4.57. The largest absolute Gasteiger partial charge is 0.424 e. The minimum atomic E-state index is 0.0678. The van der Waals surface area contributed by atoms with Crippen LogP contribution in [-0.2, 0) is 13.0 Å². The number of hydrogen-bond donors (Lipinski definition) is 1. The van der Waals surface area contributed by atoms with Gasteiger partial charge in [0.1, 0.15) is 6.54 Å². The van der Waals surface area contributed by atoms with Crippen LogP contribution < -0.4 is 0 Å². The minimum absolute atomic E-state index is 0.0678. The summed E-state index contributed by atoms with van der Waals surface area (Å²) in [6.07, 6.45) is 2.25. The number of rotatable bonds is 4. The molecule has 0 saturated heterocycles. The molecule has 0 aromatic carbocycles. The van der Waals surface area contributed by atoms with Gasteiger partial charge in [-0.2, -0.15) is 0 Å². The topological polar surface area (TPSA) is 89.9 Å². The maximum atomic E-state index is 8.70. The SMILES string of the molecule is Cc1nnc(Cn2cc(CCO)nn2)o1. The van der Waals surface area contributed by atoms with Gasteiger partial charge in [-0.1, -0.05) is 5.21 Å². The Balaban J connectivity index is 2.04. The summed E-state index contributed by atoms with van der Waals surface area (Å²) in [5.41, 5.74) is 0.744. The molecule has 0 fully saturated rings. The number of aromatic nitrogens is 5. The first-order chi connectivity index (χ1) is 7.28. The highest BCUT2D eigenvalue weighted by atomic mass is 16.4. The maximum Gasteiger partial charge on any atom is 0.237 e. The van der Waals surface area contributed by atoms with E-state index in [9.17, 15) is 0 Å². The molecule has 80 valence electrons. The molecule has 2 aromatic rings. The fourth-order valence-electron chi connectivity index (χ4n) is 1.18. The van der Waals surface area contributed by atoms with Gasteiger partial charge in [-0.05, 0) is 0 Å². The molecule has 0 amide bonds. The Bertz CT molecular complexity index is 436. The number of aliphatic hydroxyl groups excluding tert-OH is 1. The molecule has 0 unspecified atom stereocenters. The Kier molecular flexibility index (Phi) is 2.72. The van der Waals surface area contributed by atoms with E-state index in [2.05, 4.69) is 20.5 Å². The summed E-state index contributed by atoms with van der Waals surface area (Å²) >= 11 is 0. The maximum absolute atomic E-state index is 8.70. The van der Waals surface area contributed by atoms with Crippen molar-refractivity contribution in [1.82, 2.24) is 25.2 Å². The molecule has 0 atom stereocenters. The summed E-state index contributed by atoms with van der Waals surface area (Å²) in [5, 5.41) is 24.0. The van der Waals surface area contributed by atoms with E-state index >= 15 is 0 Å². The smallest absolute Gasteiger partial charge is 0.237 e. The van der Waals surface area contributed by atoms with Crippen LogP contribution in [0.25, 0.3) is 0 Å². The molecule has 7 nitrogen and oxygen atoms in total. The van der Waals surface area contributed by atoms with Crippen LogP contribution in [0.15, 0.2) is 10.6 Å². The average Bonchev–Trinajstić information content (AvgIpc) is 2.78. The Hall–Kier alpha value is -1.76. The van der Waals surface area contributed by atoms with Crippen molar-refractivity contribution in [3.63, 3.8) is 0 Å². The quantitative estimate of drug-likeness (QED) is 0.733. The van der Waals surface area contributed by atoms with Crippen molar-refractivity contribution in [1.29, 1.82) is 0 Å². The van der Waals surface area contributed by atoms with Gasteiger partial charge >= 0.3 is 0 Å². The molecule has 0 bridgehead atoms. The summed E-state index contributed by atoms with van der Waals surface area (Å²) in [5.74, 6) is 1.02. The number of hydrogen-bond acceptors (Lipinski definition) is 6. The Morgan fingerprint density at radius 3 is 2.93 bits per heavy atom. The lowest BCUT2D eigenvalue weighted by Crippen LogP contribution is -2.00. The summed E-state index contributed by atoms with van der Waals surface area (Å²) in [6, 6.07) is 0. The van der Waals surface area contributed by atoms with Crippen molar-refractivity contribution in [3.05, 3.63) is 23.7 Å². The number of nitrogens with zero attached hydrogens (tertiary/aromatic N) is 5. The lowest BCUT2D eigenvalue weighted by molar-refractivity contribution is 0.298. The normalized spacial score (nSPS) is 10.8. The fourth-order valence-corrected chi connectivity index (χ4v) is 1.18. The molecule has 0 aliphatic rings. The van der Waals surface area contributed by atoms with Gasteiger partial charge in [-0.3, -0.25) is 0 Å². The minimum Gasteiger partial charge on any atom is -0.424 e. The second-order valence-electron chi connectivity index (χ2n) is 3.10. The highest BCUT2D eigenvalue weighted by Gasteiger charge is 2.05. The van der Waals surface area contributed by atoms with Gasteiger partial charge in [0.2, 0.25) is 11.8 Å². The van der Waals surface area contributed by atoms with Crippen LogP contribution in [0.1, 0.15) is 17.5 Å². The third kappa shape index (κ3) is 2.38. The zero-order chi connectivity index (χ0) is 10.7. The van der Waals surface area contributed by atoms with Crippen molar-refractivity contribution < 1.29 is 9.52 Å². The number of aliphatic hydroxyl groups is 1. The molecule has 0 aliphatic carbocycles. The van der Waals surface area contributed by atoms with E-state index in [0.717, 1.165) is 5.69 Å². The second kappa shape index (κ2) is 4.18. The first kappa shape index (κ1) is 9.78. The van der Waals surface area contributed by atoms with E-state index in [-0.39, 0.29) is 6.61 Å².